The summed E-state index contributed by atoms with van der Waals surface area (Å²) >= 11 is 0. The van der Waals surface area contributed by atoms with Crippen molar-refractivity contribution in [3.05, 3.63) is 23.3 Å². The predicted octanol–water partition coefficient (Wildman–Crippen LogP) is 3.49. The van der Waals surface area contributed by atoms with Gasteiger partial charge in [0.15, 0.2) is 5.82 Å². The molecular formula is C14H22N4. The van der Waals surface area contributed by atoms with E-state index >= 15 is 0 Å². The molecule has 0 bridgehead atoms. The molecule has 0 radical (unpaired) electrons. The van der Waals surface area contributed by atoms with Crippen molar-refractivity contribution >= 4 is 5.78 Å². The third-order valence-corrected chi connectivity index (χ3v) is 3.08. The van der Waals surface area contributed by atoms with Gasteiger partial charge in [-0.15, -0.1) is 5.10 Å². The molecule has 0 N–H and O–H groups in total. The smallest absolute Gasteiger partial charge is 0.216 e. The number of fused-ring (bicyclic) bond motifs is 1. The van der Waals surface area contributed by atoms with Gasteiger partial charge < -0.3 is 0 Å². The van der Waals surface area contributed by atoms with Gasteiger partial charge in [-0.3, -0.25) is 0 Å². The average molecular weight is 246 g/mol. The molecule has 0 aliphatic rings. The van der Waals surface area contributed by atoms with Gasteiger partial charge in [0.1, 0.15) is 0 Å². The highest BCUT2D eigenvalue weighted by Gasteiger charge is 2.15. The molecule has 0 aliphatic heterocycles. The van der Waals surface area contributed by atoms with E-state index in [1.54, 1.807) is 0 Å². The lowest BCUT2D eigenvalue weighted by molar-refractivity contribution is 0.705. The number of aromatic nitrogens is 4. The SMILES string of the molecule is CC(C)c1cc(C(C)C)n2nc(C(C)C)nc2n1. The molecule has 0 unspecified atom stereocenters. The fourth-order valence-electron chi connectivity index (χ4n) is 1.88. The van der Waals surface area contributed by atoms with Crippen LogP contribution < -0.4 is 0 Å². The van der Waals surface area contributed by atoms with Gasteiger partial charge in [0.25, 0.3) is 5.78 Å². The molecule has 18 heavy (non-hydrogen) atoms. The molecule has 2 aromatic rings. The third kappa shape index (κ3) is 2.24. The molecule has 4 nitrogen and oxygen atoms in total. The van der Waals surface area contributed by atoms with E-state index in [0.717, 1.165) is 17.3 Å². The first-order valence-electron chi connectivity index (χ1n) is 6.67. The molecule has 0 saturated carbocycles. The van der Waals surface area contributed by atoms with Gasteiger partial charge in [-0.05, 0) is 17.9 Å². The van der Waals surface area contributed by atoms with Crippen LogP contribution in [0, 0.1) is 0 Å². The topological polar surface area (TPSA) is 43.1 Å². The summed E-state index contributed by atoms with van der Waals surface area (Å²) < 4.78 is 1.89. The lowest BCUT2D eigenvalue weighted by atomic mass is 10.1. The van der Waals surface area contributed by atoms with E-state index < -0.39 is 0 Å². The maximum absolute atomic E-state index is 4.61. The first-order chi connectivity index (χ1) is 8.40. The Hall–Kier alpha value is -1.45. The van der Waals surface area contributed by atoms with Crippen LogP contribution >= 0.6 is 0 Å². The molecule has 2 heterocycles. The summed E-state index contributed by atoms with van der Waals surface area (Å²) in [4.78, 5) is 9.15. The fourth-order valence-corrected chi connectivity index (χ4v) is 1.88. The van der Waals surface area contributed by atoms with E-state index in [1.165, 1.54) is 5.69 Å². The molecule has 0 spiro atoms. The monoisotopic (exact) mass is 246 g/mol. The number of nitrogens with zero attached hydrogens (tertiary/aromatic N) is 4. The molecule has 0 aromatic carbocycles. The van der Waals surface area contributed by atoms with Crippen molar-refractivity contribution in [1.29, 1.82) is 0 Å². The highest BCUT2D eigenvalue weighted by atomic mass is 15.3. The lowest BCUT2D eigenvalue weighted by Gasteiger charge is -2.11. The minimum absolute atomic E-state index is 0.328. The second kappa shape index (κ2) is 4.67. The van der Waals surface area contributed by atoms with Crippen molar-refractivity contribution in [2.45, 2.75) is 59.3 Å². The van der Waals surface area contributed by atoms with E-state index in [4.69, 9.17) is 0 Å². The summed E-state index contributed by atoms with van der Waals surface area (Å²) in [5.41, 5.74) is 2.28. The zero-order valence-electron chi connectivity index (χ0n) is 12.1. The minimum atomic E-state index is 0.328. The quantitative estimate of drug-likeness (QED) is 0.832. The highest BCUT2D eigenvalue weighted by Crippen LogP contribution is 2.21. The maximum atomic E-state index is 4.61. The Morgan fingerprint density at radius 3 is 2.06 bits per heavy atom. The van der Waals surface area contributed by atoms with E-state index in [9.17, 15) is 0 Å². The van der Waals surface area contributed by atoms with E-state index in [-0.39, 0.29) is 0 Å². The standard InChI is InChI=1S/C14H22N4/c1-8(2)11-7-12(9(3)4)18-14(15-11)16-13(17-18)10(5)6/h7-10H,1-6H3. The summed E-state index contributed by atoms with van der Waals surface area (Å²) in [6, 6.07) is 2.15. The van der Waals surface area contributed by atoms with Crippen molar-refractivity contribution in [2.75, 3.05) is 0 Å². The van der Waals surface area contributed by atoms with Crippen LogP contribution in [0.1, 0.15) is 76.5 Å². The molecule has 0 atom stereocenters. The summed E-state index contributed by atoms with van der Waals surface area (Å²) in [6.07, 6.45) is 0. The Morgan fingerprint density at radius 2 is 1.56 bits per heavy atom. The minimum Gasteiger partial charge on any atom is -0.216 e. The van der Waals surface area contributed by atoms with Crippen LogP contribution in [-0.4, -0.2) is 19.6 Å². The second-order valence-corrected chi connectivity index (χ2v) is 5.75. The summed E-state index contributed by atoms with van der Waals surface area (Å²) in [7, 11) is 0. The average Bonchev–Trinajstić information content (AvgIpc) is 2.70. The van der Waals surface area contributed by atoms with Crippen molar-refractivity contribution in [3.8, 4) is 0 Å². The maximum Gasteiger partial charge on any atom is 0.252 e. The second-order valence-electron chi connectivity index (χ2n) is 5.75. The van der Waals surface area contributed by atoms with Gasteiger partial charge in [0.05, 0.1) is 5.69 Å². The first kappa shape index (κ1) is 13.0. The molecule has 0 saturated heterocycles. The summed E-state index contributed by atoms with van der Waals surface area (Å²) in [5, 5.41) is 4.58. The number of rotatable bonds is 3. The van der Waals surface area contributed by atoms with Gasteiger partial charge >= 0.3 is 0 Å². The molecule has 0 fully saturated rings. The fraction of sp³-hybridized carbons (Fsp3) is 0.643. The van der Waals surface area contributed by atoms with Crippen LogP contribution in [0.25, 0.3) is 5.78 Å². The van der Waals surface area contributed by atoms with Crippen molar-refractivity contribution in [1.82, 2.24) is 19.6 Å². The molecule has 0 amide bonds. The molecule has 98 valence electrons. The Labute approximate surface area is 108 Å². The molecule has 4 heteroatoms. The van der Waals surface area contributed by atoms with E-state index in [2.05, 4.69) is 62.7 Å². The van der Waals surface area contributed by atoms with Crippen LogP contribution in [0.5, 0.6) is 0 Å². The Morgan fingerprint density at radius 1 is 0.889 bits per heavy atom. The van der Waals surface area contributed by atoms with Crippen LogP contribution in [0.15, 0.2) is 6.07 Å². The van der Waals surface area contributed by atoms with Gasteiger partial charge in [0, 0.05) is 11.6 Å². The molecule has 0 aliphatic carbocycles. The largest absolute Gasteiger partial charge is 0.252 e. The third-order valence-electron chi connectivity index (χ3n) is 3.08. The number of hydrogen-bond donors (Lipinski definition) is 0. The summed E-state index contributed by atoms with van der Waals surface area (Å²) in [6.45, 7) is 12.9. The van der Waals surface area contributed by atoms with Crippen LogP contribution in [-0.2, 0) is 0 Å². The van der Waals surface area contributed by atoms with Crippen molar-refractivity contribution in [3.63, 3.8) is 0 Å². The van der Waals surface area contributed by atoms with Crippen LogP contribution in [0.3, 0.4) is 0 Å². The van der Waals surface area contributed by atoms with Gasteiger partial charge in [-0.1, -0.05) is 41.5 Å². The Kier molecular flexibility index (Phi) is 3.37. The molecular weight excluding hydrogens is 224 g/mol. The lowest BCUT2D eigenvalue weighted by Crippen LogP contribution is -2.06. The number of hydrogen-bond acceptors (Lipinski definition) is 3. The highest BCUT2D eigenvalue weighted by molar-refractivity contribution is 5.34. The summed E-state index contributed by atoms with van der Waals surface area (Å²) in [5.74, 6) is 2.74. The Balaban J connectivity index is 2.69. The van der Waals surface area contributed by atoms with Crippen molar-refractivity contribution < 1.29 is 0 Å². The molecule has 2 rings (SSSR count). The van der Waals surface area contributed by atoms with Crippen molar-refractivity contribution in [2.24, 2.45) is 0 Å². The van der Waals surface area contributed by atoms with Gasteiger partial charge in [-0.2, -0.15) is 4.98 Å². The molecule has 2 aromatic heterocycles. The van der Waals surface area contributed by atoms with Crippen LogP contribution in [0.4, 0.5) is 0 Å². The normalized spacial score (nSPS) is 12.3. The van der Waals surface area contributed by atoms with E-state index in [1.807, 2.05) is 4.52 Å². The zero-order chi connectivity index (χ0) is 13.4. The zero-order valence-corrected chi connectivity index (χ0v) is 12.1. The van der Waals surface area contributed by atoms with Gasteiger partial charge in [0.2, 0.25) is 0 Å². The Bertz CT molecular complexity index is 552. The van der Waals surface area contributed by atoms with Crippen LogP contribution in [0.2, 0.25) is 0 Å². The van der Waals surface area contributed by atoms with E-state index in [0.29, 0.717) is 17.8 Å². The van der Waals surface area contributed by atoms with Gasteiger partial charge in [-0.25, -0.2) is 9.50 Å². The predicted molar refractivity (Wildman–Crippen MR) is 73.0 cm³/mol. The first-order valence-corrected chi connectivity index (χ1v) is 6.67.